The van der Waals surface area contributed by atoms with Crippen molar-refractivity contribution >= 4 is 18.2 Å². The van der Waals surface area contributed by atoms with E-state index in [1.54, 1.807) is 0 Å². The molecule has 0 radical (unpaired) electrons. The second-order valence-corrected chi connectivity index (χ2v) is 7.00. The molecule has 20 heavy (non-hydrogen) atoms. The van der Waals surface area contributed by atoms with E-state index in [0.29, 0.717) is 6.04 Å². The molecule has 0 bridgehead atoms. The number of nitrogens with zero attached hydrogens (tertiary/aromatic N) is 4. The molecule has 0 aromatic carbocycles. The van der Waals surface area contributed by atoms with Crippen molar-refractivity contribution in [1.82, 2.24) is 19.7 Å². The summed E-state index contributed by atoms with van der Waals surface area (Å²) in [5, 5.41) is 7.52. The third kappa shape index (κ3) is 2.09. The Balaban J connectivity index is 1.57. The number of anilines is 1. The van der Waals surface area contributed by atoms with Gasteiger partial charge in [-0.3, -0.25) is 4.57 Å². The molecule has 2 aliphatic heterocycles. The van der Waals surface area contributed by atoms with Crippen molar-refractivity contribution in [2.45, 2.75) is 44.2 Å². The van der Waals surface area contributed by atoms with Gasteiger partial charge in [0.15, 0.2) is 4.77 Å². The van der Waals surface area contributed by atoms with Gasteiger partial charge in [-0.25, -0.2) is 5.10 Å². The maximum Gasteiger partial charge on any atom is 0.225 e. The Kier molecular flexibility index (Phi) is 3.11. The van der Waals surface area contributed by atoms with Crippen LogP contribution in [0.3, 0.4) is 0 Å². The monoisotopic (exact) mass is 293 g/mol. The van der Waals surface area contributed by atoms with Crippen molar-refractivity contribution in [3.63, 3.8) is 0 Å². The van der Waals surface area contributed by atoms with Crippen molar-refractivity contribution in [3.8, 4) is 0 Å². The van der Waals surface area contributed by atoms with Crippen LogP contribution in [-0.2, 0) is 0 Å². The summed E-state index contributed by atoms with van der Waals surface area (Å²) in [6.45, 7) is 3.52. The first-order chi connectivity index (χ1) is 9.74. The molecule has 5 nitrogen and oxygen atoms in total. The standard InChI is InChI=1S/C14H23N5S/c1-17-7-2-3-10-9-18(8-6-12(10)17)13-15-16-14(20)19(13)11-4-5-11/h10-12H,2-9H2,1H3,(H,16,20). The Morgan fingerprint density at radius 1 is 1.20 bits per heavy atom. The van der Waals surface area contributed by atoms with Gasteiger partial charge in [0.1, 0.15) is 0 Å². The molecule has 3 heterocycles. The highest BCUT2D eigenvalue weighted by Gasteiger charge is 2.37. The number of aromatic nitrogens is 3. The normalized spacial score (nSPS) is 31.4. The molecular formula is C14H23N5S. The van der Waals surface area contributed by atoms with Crippen molar-refractivity contribution in [1.29, 1.82) is 0 Å². The Morgan fingerprint density at radius 2 is 2.05 bits per heavy atom. The van der Waals surface area contributed by atoms with E-state index in [4.69, 9.17) is 12.2 Å². The number of rotatable bonds is 2. The predicted octanol–water partition coefficient (Wildman–Crippen LogP) is 2.20. The van der Waals surface area contributed by atoms with Crippen LogP contribution in [0.5, 0.6) is 0 Å². The molecule has 3 fully saturated rings. The van der Waals surface area contributed by atoms with Gasteiger partial charge in [0.25, 0.3) is 0 Å². The molecule has 1 aromatic heterocycles. The molecule has 110 valence electrons. The Labute approximate surface area is 124 Å². The van der Waals surface area contributed by atoms with Gasteiger partial charge in [-0.15, -0.1) is 5.10 Å². The molecule has 4 rings (SSSR count). The average Bonchev–Trinajstić information content (AvgIpc) is 3.21. The number of hydrogen-bond acceptors (Lipinski definition) is 4. The van der Waals surface area contributed by atoms with Crippen molar-refractivity contribution in [3.05, 3.63) is 4.77 Å². The molecule has 6 heteroatoms. The lowest BCUT2D eigenvalue weighted by Crippen LogP contribution is -2.53. The summed E-state index contributed by atoms with van der Waals surface area (Å²) in [5.41, 5.74) is 0. The fourth-order valence-electron chi connectivity index (χ4n) is 4.02. The van der Waals surface area contributed by atoms with E-state index in [0.717, 1.165) is 35.8 Å². The smallest absolute Gasteiger partial charge is 0.225 e. The number of nitrogens with one attached hydrogen (secondary N) is 1. The number of likely N-dealkylation sites (tertiary alicyclic amines) is 1. The lowest BCUT2D eigenvalue weighted by molar-refractivity contribution is 0.102. The van der Waals surface area contributed by atoms with Crippen LogP contribution >= 0.6 is 12.2 Å². The van der Waals surface area contributed by atoms with E-state index < -0.39 is 0 Å². The molecular weight excluding hydrogens is 270 g/mol. The topological polar surface area (TPSA) is 40.1 Å². The maximum absolute atomic E-state index is 5.40. The fourth-order valence-corrected chi connectivity index (χ4v) is 4.29. The molecule has 1 saturated carbocycles. The Hall–Kier alpha value is -0.880. The average molecular weight is 293 g/mol. The zero-order valence-electron chi connectivity index (χ0n) is 12.1. The van der Waals surface area contributed by atoms with Crippen molar-refractivity contribution in [2.24, 2.45) is 5.92 Å². The first-order valence-electron chi connectivity index (χ1n) is 7.86. The summed E-state index contributed by atoms with van der Waals surface area (Å²) in [5.74, 6) is 1.88. The summed E-state index contributed by atoms with van der Waals surface area (Å²) < 4.78 is 3.05. The van der Waals surface area contributed by atoms with Gasteiger partial charge in [-0.2, -0.15) is 0 Å². The minimum absolute atomic E-state index is 0.600. The highest BCUT2D eigenvalue weighted by Crippen LogP contribution is 2.39. The fraction of sp³-hybridized carbons (Fsp3) is 0.857. The van der Waals surface area contributed by atoms with Crippen LogP contribution in [0.15, 0.2) is 0 Å². The molecule has 1 N–H and O–H groups in total. The van der Waals surface area contributed by atoms with Gasteiger partial charge < -0.3 is 9.80 Å². The van der Waals surface area contributed by atoms with E-state index in [9.17, 15) is 0 Å². The van der Waals surface area contributed by atoms with Gasteiger partial charge in [0.2, 0.25) is 5.95 Å². The van der Waals surface area contributed by atoms with Crippen LogP contribution in [0.25, 0.3) is 0 Å². The maximum atomic E-state index is 5.40. The quantitative estimate of drug-likeness (QED) is 0.849. The van der Waals surface area contributed by atoms with Gasteiger partial charge in [0.05, 0.1) is 0 Å². The summed E-state index contributed by atoms with van der Waals surface area (Å²) in [6.07, 6.45) is 6.46. The molecule has 2 unspecified atom stereocenters. The SMILES string of the molecule is CN1CCCC2CN(c3n[nH]c(=S)n3C3CC3)CCC21. The number of aromatic amines is 1. The van der Waals surface area contributed by atoms with Crippen molar-refractivity contribution < 1.29 is 0 Å². The van der Waals surface area contributed by atoms with E-state index in [1.165, 1.54) is 38.6 Å². The van der Waals surface area contributed by atoms with Crippen LogP contribution < -0.4 is 4.90 Å². The molecule has 2 saturated heterocycles. The Morgan fingerprint density at radius 3 is 2.85 bits per heavy atom. The minimum atomic E-state index is 0.600. The third-order valence-electron chi connectivity index (χ3n) is 5.23. The molecule has 1 aliphatic carbocycles. The van der Waals surface area contributed by atoms with Crippen LogP contribution in [0, 0.1) is 10.7 Å². The van der Waals surface area contributed by atoms with E-state index in [-0.39, 0.29) is 0 Å². The van der Waals surface area contributed by atoms with Gasteiger partial charge >= 0.3 is 0 Å². The molecule has 1 aromatic rings. The largest absolute Gasteiger partial charge is 0.341 e. The number of H-pyrrole nitrogens is 1. The molecule has 2 atom stereocenters. The second kappa shape index (κ2) is 4.84. The van der Waals surface area contributed by atoms with Crippen LogP contribution in [0.2, 0.25) is 0 Å². The number of hydrogen-bond donors (Lipinski definition) is 1. The lowest BCUT2D eigenvalue weighted by atomic mass is 9.84. The summed E-state index contributed by atoms with van der Waals surface area (Å²) >= 11 is 5.40. The first kappa shape index (κ1) is 12.8. The predicted molar refractivity (Wildman–Crippen MR) is 81.7 cm³/mol. The lowest BCUT2D eigenvalue weighted by Gasteiger charge is -2.46. The number of piperidine rings is 2. The van der Waals surface area contributed by atoms with Crippen molar-refractivity contribution in [2.75, 3.05) is 31.6 Å². The van der Waals surface area contributed by atoms with Crippen LogP contribution in [0.4, 0.5) is 5.95 Å². The van der Waals surface area contributed by atoms with E-state index in [2.05, 4.69) is 31.6 Å². The van der Waals surface area contributed by atoms with E-state index in [1.807, 2.05) is 0 Å². The minimum Gasteiger partial charge on any atom is -0.341 e. The zero-order chi connectivity index (χ0) is 13.7. The van der Waals surface area contributed by atoms with Gasteiger partial charge in [-0.1, -0.05) is 0 Å². The van der Waals surface area contributed by atoms with Crippen LogP contribution in [0.1, 0.15) is 38.1 Å². The molecule has 0 spiro atoms. The van der Waals surface area contributed by atoms with Gasteiger partial charge in [0, 0.05) is 25.2 Å². The molecule has 3 aliphatic rings. The summed E-state index contributed by atoms with van der Waals surface area (Å²) in [6, 6.07) is 1.37. The third-order valence-corrected chi connectivity index (χ3v) is 5.51. The Bertz CT molecular complexity index is 546. The highest BCUT2D eigenvalue weighted by molar-refractivity contribution is 7.71. The van der Waals surface area contributed by atoms with Gasteiger partial charge in [-0.05, 0) is 63.8 Å². The molecule has 0 amide bonds. The zero-order valence-corrected chi connectivity index (χ0v) is 12.9. The second-order valence-electron chi connectivity index (χ2n) is 6.61. The van der Waals surface area contributed by atoms with E-state index >= 15 is 0 Å². The highest BCUT2D eigenvalue weighted by atomic mass is 32.1. The first-order valence-corrected chi connectivity index (χ1v) is 8.27. The van der Waals surface area contributed by atoms with Crippen LogP contribution in [-0.4, -0.2) is 52.4 Å². The summed E-state index contributed by atoms with van der Waals surface area (Å²) in [7, 11) is 2.28. The summed E-state index contributed by atoms with van der Waals surface area (Å²) in [4.78, 5) is 5.02. The number of fused-ring (bicyclic) bond motifs is 1.